The lowest BCUT2D eigenvalue weighted by Gasteiger charge is -2.04. The molecule has 0 heterocycles. The molecule has 0 aromatic heterocycles. The molecule has 2 heteroatoms. The number of rotatable bonds is 7. The Hall–Kier alpha value is -0.530. The Morgan fingerprint density at radius 3 is 2.46 bits per heavy atom. The van der Waals surface area contributed by atoms with E-state index in [4.69, 9.17) is 0 Å². The lowest BCUT2D eigenvalue weighted by Crippen LogP contribution is -2.21. The van der Waals surface area contributed by atoms with E-state index < -0.39 is 0 Å². The van der Waals surface area contributed by atoms with Crippen molar-refractivity contribution < 1.29 is 4.79 Å². The Kier molecular flexibility index (Phi) is 7.76. The Labute approximate surface area is 82.1 Å². The first-order valence-corrected chi connectivity index (χ1v) is 5.43. The second-order valence-electron chi connectivity index (χ2n) is 3.95. The molecular weight excluding hydrogens is 162 g/mol. The van der Waals surface area contributed by atoms with Crippen LogP contribution in [-0.4, -0.2) is 12.5 Å². The van der Waals surface area contributed by atoms with Gasteiger partial charge in [0.2, 0.25) is 5.91 Å². The van der Waals surface area contributed by atoms with Crippen LogP contribution >= 0.6 is 0 Å². The third-order valence-electron chi connectivity index (χ3n) is 2.06. The molecule has 1 N–H and O–H groups in total. The molecular formula is C11H23NO. The summed E-state index contributed by atoms with van der Waals surface area (Å²) in [5.74, 6) is 0.997. The minimum absolute atomic E-state index is 0.201. The summed E-state index contributed by atoms with van der Waals surface area (Å²) >= 11 is 0. The lowest BCUT2D eigenvalue weighted by molar-refractivity contribution is -0.121. The Morgan fingerprint density at radius 2 is 1.92 bits per heavy atom. The second-order valence-corrected chi connectivity index (χ2v) is 3.95. The van der Waals surface area contributed by atoms with E-state index in [0.29, 0.717) is 6.42 Å². The van der Waals surface area contributed by atoms with Gasteiger partial charge in [-0.1, -0.05) is 33.1 Å². The summed E-state index contributed by atoms with van der Waals surface area (Å²) in [6, 6.07) is 0. The lowest BCUT2D eigenvalue weighted by atomic mass is 10.0. The smallest absolute Gasteiger partial charge is 0.219 e. The summed E-state index contributed by atoms with van der Waals surface area (Å²) < 4.78 is 0. The predicted octanol–water partition coefficient (Wildman–Crippen LogP) is 2.73. The van der Waals surface area contributed by atoms with Gasteiger partial charge >= 0.3 is 0 Å². The van der Waals surface area contributed by atoms with Crippen LogP contribution in [0, 0.1) is 5.92 Å². The Morgan fingerprint density at radius 1 is 1.23 bits per heavy atom. The molecule has 1 amide bonds. The molecule has 0 atom stereocenters. The molecule has 0 rings (SSSR count). The van der Waals surface area contributed by atoms with E-state index in [9.17, 15) is 4.79 Å². The highest BCUT2D eigenvalue weighted by molar-refractivity contribution is 5.75. The van der Waals surface area contributed by atoms with E-state index in [1.807, 2.05) is 6.92 Å². The van der Waals surface area contributed by atoms with Gasteiger partial charge in [0.25, 0.3) is 0 Å². The number of carbonyl (C=O) groups is 1. The fourth-order valence-corrected chi connectivity index (χ4v) is 1.30. The third kappa shape index (κ3) is 9.38. The molecule has 13 heavy (non-hydrogen) atoms. The van der Waals surface area contributed by atoms with Crippen LogP contribution in [0.4, 0.5) is 0 Å². The molecule has 0 saturated carbocycles. The maximum atomic E-state index is 11.0. The van der Waals surface area contributed by atoms with Gasteiger partial charge in [0.15, 0.2) is 0 Å². The number of hydrogen-bond donors (Lipinski definition) is 1. The zero-order chi connectivity index (χ0) is 10.1. The topological polar surface area (TPSA) is 29.1 Å². The van der Waals surface area contributed by atoms with Crippen molar-refractivity contribution in [3.8, 4) is 0 Å². The molecule has 0 radical (unpaired) electrons. The van der Waals surface area contributed by atoms with Crippen LogP contribution < -0.4 is 5.32 Å². The molecule has 0 saturated heterocycles. The maximum absolute atomic E-state index is 11.0. The molecule has 78 valence electrons. The molecule has 2 nitrogen and oxygen atoms in total. The molecule has 0 spiro atoms. The van der Waals surface area contributed by atoms with E-state index in [2.05, 4.69) is 19.2 Å². The highest BCUT2D eigenvalue weighted by Gasteiger charge is 1.99. The standard InChI is InChI=1S/C11H23NO/c1-4-12-11(13)9-7-5-6-8-10(2)3/h10H,4-9H2,1-3H3,(H,12,13). The van der Waals surface area contributed by atoms with Gasteiger partial charge in [0, 0.05) is 13.0 Å². The van der Waals surface area contributed by atoms with Crippen LogP contribution in [-0.2, 0) is 4.79 Å². The first-order chi connectivity index (χ1) is 6.16. The van der Waals surface area contributed by atoms with Crippen LogP contribution in [0.25, 0.3) is 0 Å². The number of nitrogens with one attached hydrogen (secondary N) is 1. The van der Waals surface area contributed by atoms with E-state index in [-0.39, 0.29) is 5.91 Å². The fraction of sp³-hybridized carbons (Fsp3) is 0.909. The first kappa shape index (κ1) is 12.5. The summed E-state index contributed by atoms with van der Waals surface area (Å²) in [6.07, 6.45) is 5.48. The van der Waals surface area contributed by atoms with Crippen molar-refractivity contribution in [1.82, 2.24) is 5.32 Å². The Balaban J connectivity index is 3.11. The fourth-order valence-electron chi connectivity index (χ4n) is 1.30. The van der Waals surface area contributed by atoms with Crippen LogP contribution in [0.3, 0.4) is 0 Å². The normalized spacial score (nSPS) is 10.5. The zero-order valence-electron chi connectivity index (χ0n) is 9.23. The van der Waals surface area contributed by atoms with Crippen molar-refractivity contribution in [1.29, 1.82) is 0 Å². The molecule has 0 aliphatic heterocycles. The average molecular weight is 185 g/mol. The summed E-state index contributed by atoms with van der Waals surface area (Å²) in [6.45, 7) is 7.19. The molecule has 0 unspecified atom stereocenters. The van der Waals surface area contributed by atoms with E-state index in [0.717, 1.165) is 18.9 Å². The van der Waals surface area contributed by atoms with Gasteiger partial charge < -0.3 is 5.32 Å². The molecule has 0 aromatic rings. The minimum Gasteiger partial charge on any atom is -0.356 e. The summed E-state index contributed by atoms with van der Waals surface area (Å²) in [5, 5.41) is 2.81. The third-order valence-corrected chi connectivity index (χ3v) is 2.06. The molecule has 0 fully saturated rings. The monoisotopic (exact) mass is 185 g/mol. The van der Waals surface area contributed by atoms with Crippen LogP contribution in [0.15, 0.2) is 0 Å². The quantitative estimate of drug-likeness (QED) is 0.607. The largest absolute Gasteiger partial charge is 0.356 e. The number of carbonyl (C=O) groups excluding carboxylic acids is 1. The number of hydrogen-bond acceptors (Lipinski definition) is 1. The van der Waals surface area contributed by atoms with Crippen molar-refractivity contribution in [2.24, 2.45) is 5.92 Å². The first-order valence-electron chi connectivity index (χ1n) is 5.43. The van der Waals surface area contributed by atoms with E-state index in [1.165, 1.54) is 19.3 Å². The van der Waals surface area contributed by atoms with Crippen molar-refractivity contribution in [3.05, 3.63) is 0 Å². The molecule has 0 aliphatic rings. The van der Waals surface area contributed by atoms with Crippen LogP contribution in [0.1, 0.15) is 52.9 Å². The van der Waals surface area contributed by atoms with Crippen molar-refractivity contribution in [3.63, 3.8) is 0 Å². The zero-order valence-corrected chi connectivity index (χ0v) is 9.23. The number of amides is 1. The van der Waals surface area contributed by atoms with Gasteiger partial charge in [-0.05, 0) is 19.3 Å². The van der Waals surface area contributed by atoms with Crippen molar-refractivity contribution >= 4 is 5.91 Å². The summed E-state index contributed by atoms with van der Waals surface area (Å²) in [5.41, 5.74) is 0. The maximum Gasteiger partial charge on any atom is 0.219 e. The van der Waals surface area contributed by atoms with Gasteiger partial charge in [-0.3, -0.25) is 4.79 Å². The van der Waals surface area contributed by atoms with Crippen molar-refractivity contribution in [2.45, 2.75) is 52.9 Å². The highest BCUT2D eigenvalue weighted by Crippen LogP contribution is 2.09. The number of unbranched alkanes of at least 4 members (excludes halogenated alkanes) is 2. The SMILES string of the molecule is CCNC(=O)CCCCCC(C)C. The summed E-state index contributed by atoms with van der Waals surface area (Å²) in [4.78, 5) is 11.0. The van der Waals surface area contributed by atoms with Crippen molar-refractivity contribution in [2.75, 3.05) is 6.54 Å². The van der Waals surface area contributed by atoms with Gasteiger partial charge in [-0.2, -0.15) is 0 Å². The second kappa shape index (κ2) is 8.09. The molecule has 0 aromatic carbocycles. The van der Waals surface area contributed by atoms with Gasteiger partial charge in [-0.25, -0.2) is 0 Å². The molecule has 0 bridgehead atoms. The minimum atomic E-state index is 0.201. The summed E-state index contributed by atoms with van der Waals surface area (Å²) in [7, 11) is 0. The molecule has 0 aliphatic carbocycles. The van der Waals surface area contributed by atoms with Crippen LogP contribution in [0.2, 0.25) is 0 Å². The van der Waals surface area contributed by atoms with Crippen LogP contribution in [0.5, 0.6) is 0 Å². The predicted molar refractivity (Wildman–Crippen MR) is 56.6 cm³/mol. The van der Waals surface area contributed by atoms with Gasteiger partial charge in [0.1, 0.15) is 0 Å². The highest BCUT2D eigenvalue weighted by atomic mass is 16.1. The van der Waals surface area contributed by atoms with E-state index >= 15 is 0 Å². The van der Waals surface area contributed by atoms with Gasteiger partial charge in [-0.15, -0.1) is 0 Å². The van der Waals surface area contributed by atoms with Gasteiger partial charge in [0.05, 0.1) is 0 Å². The average Bonchev–Trinajstić information content (AvgIpc) is 2.03. The van der Waals surface area contributed by atoms with E-state index in [1.54, 1.807) is 0 Å². The Bertz CT molecular complexity index is 132.